The lowest BCUT2D eigenvalue weighted by Gasteiger charge is -2.27. The Morgan fingerprint density at radius 2 is 1.95 bits per heavy atom. The van der Waals surface area contributed by atoms with Crippen LogP contribution in [0.15, 0.2) is 30.3 Å². The fraction of sp³-hybridized carbons (Fsp3) is 0.429. The highest BCUT2D eigenvalue weighted by atomic mass is 16.5. The summed E-state index contributed by atoms with van der Waals surface area (Å²) < 4.78 is 4.91. The molecule has 0 aromatic heterocycles. The number of methoxy groups -OCH3 is 1. The van der Waals surface area contributed by atoms with Crippen LogP contribution in [0.3, 0.4) is 0 Å². The Morgan fingerprint density at radius 1 is 1.35 bits per heavy atom. The lowest BCUT2D eigenvalue weighted by molar-refractivity contribution is -0.144. The molecule has 6 nitrogen and oxygen atoms in total. The van der Waals surface area contributed by atoms with E-state index < -0.39 is 17.5 Å². The van der Waals surface area contributed by atoms with Crippen molar-refractivity contribution in [3.05, 3.63) is 35.9 Å². The second-order valence-electron chi connectivity index (χ2n) is 4.75. The van der Waals surface area contributed by atoms with Gasteiger partial charge in [-0.1, -0.05) is 30.3 Å². The van der Waals surface area contributed by atoms with Crippen LogP contribution in [0.1, 0.15) is 19.4 Å². The van der Waals surface area contributed by atoms with Gasteiger partial charge in [0.2, 0.25) is 0 Å². The summed E-state index contributed by atoms with van der Waals surface area (Å²) in [6.07, 6.45) is 0. The van der Waals surface area contributed by atoms with Gasteiger partial charge in [-0.15, -0.1) is 0 Å². The van der Waals surface area contributed by atoms with Gasteiger partial charge in [-0.25, -0.2) is 9.59 Å². The minimum atomic E-state index is -1.49. The van der Waals surface area contributed by atoms with Gasteiger partial charge >= 0.3 is 12.0 Å². The number of hydrogen-bond acceptors (Lipinski definition) is 3. The average Bonchev–Trinajstić information content (AvgIpc) is 2.39. The topological polar surface area (TPSA) is 87.7 Å². The van der Waals surface area contributed by atoms with E-state index in [-0.39, 0.29) is 6.04 Å². The number of aliphatic carboxylic acids is 1. The van der Waals surface area contributed by atoms with E-state index in [1.165, 1.54) is 14.0 Å². The molecule has 2 unspecified atom stereocenters. The zero-order valence-corrected chi connectivity index (χ0v) is 11.8. The first-order valence-corrected chi connectivity index (χ1v) is 6.26. The van der Waals surface area contributed by atoms with E-state index >= 15 is 0 Å². The number of nitrogens with one attached hydrogen (secondary N) is 2. The van der Waals surface area contributed by atoms with Crippen LogP contribution in [0.5, 0.6) is 0 Å². The van der Waals surface area contributed by atoms with Crippen molar-refractivity contribution in [3.63, 3.8) is 0 Å². The normalized spacial score (nSPS) is 14.9. The molecule has 6 heteroatoms. The lowest BCUT2D eigenvalue weighted by atomic mass is 9.92. The fourth-order valence-corrected chi connectivity index (χ4v) is 1.80. The molecular weight excluding hydrogens is 260 g/mol. The van der Waals surface area contributed by atoms with E-state index in [0.717, 1.165) is 0 Å². The molecule has 0 fully saturated rings. The molecule has 0 saturated carbocycles. The van der Waals surface area contributed by atoms with Crippen LogP contribution < -0.4 is 10.6 Å². The summed E-state index contributed by atoms with van der Waals surface area (Å²) in [6.45, 7) is 3.57. The molecule has 0 saturated heterocycles. The van der Waals surface area contributed by atoms with Gasteiger partial charge in [-0.2, -0.15) is 0 Å². The molecule has 1 aromatic carbocycles. The van der Waals surface area contributed by atoms with Gasteiger partial charge in [-0.05, 0) is 19.4 Å². The number of hydrogen-bond donors (Lipinski definition) is 3. The smallest absolute Gasteiger partial charge is 0.333 e. The van der Waals surface area contributed by atoms with Crippen molar-refractivity contribution in [2.75, 3.05) is 13.7 Å². The Labute approximate surface area is 118 Å². The van der Waals surface area contributed by atoms with Crippen LogP contribution in [0.4, 0.5) is 4.79 Å². The number of carboxylic acid groups (broad SMARTS) is 1. The van der Waals surface area contributed by atoms with Crippen molar-refractivity contribution >= 4 is 12.0 Å². The number of carbonyl (C=O) groups is 2. The maximum atomic E-state index is 11.9. The Kier molecular flexibility index (Phi) is 5.52. The molecule has 0 aliphatic rings. The second kappa shape index (κ2) is 6.91. The first kappa shape index (κ1) is 16.0. The molecule has 110 valence electrons. The van der Waals surface area contributed by atoms with Crippen molar-refractivity contribution < 1.29 is 19.4 Å². The number of carboxylic acids is 1. The predicted molar refractivity (Wildman–Crippen MR) is 74.4 cm³/mol. The maximum Gasteiger partial charge on any atom is 0.333 e. The average molecular weight is 280 g/mol. The summed E-state index contributed by atoms with van der Waals surface area (Å²) in [6, 6.07) is 7.79. The predicted octanol–water partition coefficient (Wildman–Crippen LogP) is 1.32. The zero-order chi connectivity index (χ0) is 15.2. The minimum Gasteiger partial charge on any atom is -0.479 e. The molecule has 2 atom stereocenters. The zero-order valence-electron chi connectivity index (χ0n) is 11.8. The highest BCUT2D eigenvalue weighted by Crippen LogP contribution is 2.20. The number of ether oxygens (including phenoxy) is 1. The van der Waals surface area contributed by atoms with Crippen LogP contribution in [0.2, 0.25) is 0 Å². The van der Waals surface area contributed by atoms with Gasteiger partial charge in [0.15, 0.2) is 5.54 Å². The van der Waals surface area contributed by atoms with E-state index in [4.69, 9.17) is 4.74 Å². The summed E-state index contributed by atoms with van der Waals surface area (Å²) >= 11 is 0. The molecule has 0 aliphatic heterocycles. The van der Waals surface area contributed by atoms with Crippen LogP contribution in [0, 0.1) is 0 Å². The summed E-state index contributed by atoms with van der Waals surface area (Å²) in [5, 5.41) is 14.5. The van der Waals surface area contributed by atoms with E-state index in [1.807, 2.05) is 0 Å². The maximum absolute atomic E-state index is 11.9. The summed E-state index contributed by atoms with van der Waals surface area (Å²) in [7, 11) is 1.53. The second-order valence-corrected chi connectivity index (χ2v) is 4.75. The molecule has 2 amide bonds. The third-order valence-electron chi connectivity index (χ3n) is 2.94. The molecule has 0 radical (unpaired) electrons. The monoisotopic (exact) mass is 280 g/mol. The first-order valence-electron chi connectivity index (χ1n) is 6.26. The number of rotatable bonds is 6. The Morgan fingerprint density at radius 3 is 2.45 bits per heavy atom. The molecule has 1 rings (SSSR count). The summed E-state index contributed by atoms with van der Waals surface area (Å²) in [4.78, 5) is 23.4. The van der Waals surface area contributed by atoms with Crippen molar-refractivity contribution in [3.8, 4) is 0 Å². The molecule has 0 bridgehead atoms. The van der Waals surface area contributed by atoms with Crippen LogP contribution >= 0.6 is 0 Å². The van der Waals surface area contributed by atoms with E-state index in [1.54, 1.807) is 37.3 Å². The highest BCUT2D eigenvalue weighted by Gasteiger charge is 2.36. The fourth-order valence-electron chi connectivity index (χ4n) is 1.80. The summed E-state index contributed by atoms with van der Waals surface area (Å²) in [5.41, 5.74) is -0.986. The molecule has 0 heterocycles. The lowest BCUT2D eigenvalue weighted by Crippen LogP contribution is -2.54. The van der Waals surface area contributed by atoms with Crippen molar-refractivity contribution in [2.24, 2.45) is 0 Å². The largest absolute Gasteiger partial charge is 0.479 e. The Balaban J connectivity index is 2.83. The molecule has 3 N–H and O–H groups in total. The van der Waals surface area contributed by atoms with Gasteiger partial charge in [0, 0.05) is 7.11 Å². The van der Waals surface area contributed by atoms with E-state index in [9.17, 15) is 14.7 Å². The van der Waals surface area contributed by atoms with Gasteiger partial charge < -0.3 is 20.5 Å². The first-order chi connectivity index (χ1) is 9.40. The molecule has 20 heavy (non-hydrogen) atoms. The third kappa shape index (κ3) is 3.96. The van der Waals surface area contributed by atoms with Gasteiger partial charge in [0.05, 0.1) is 12.6 Å². The van der Waals surface area contributed by atoms with Crippen LogP contribution in [0.25, 0.3) is 0 Å². The molecule has 0 aliphatic carbocycles. The highest BCUT2D eigenvalue weighted by molar-refractivity contribution is 5.87. The number of urea groups is 1. The van der Waals surface area contributed by atoms with E-state index in [2.05, 4.69) is 10.6 Å². The van der Waals surface area contributed by atoms with Crippen molar-refractivity contribution in [1.82, 2.24) is 10.6 Å². The molecule has 0 spiro atoms. The molecular formula is C14H20N2O4. The number of carbonyl (C=O) groups excluding carboxylic acids is 1. The van der Waals surface area contributed by atoms with E-state index in [0.29, 0.717) is 12.2 Å². The van der Waals surface area contributed by atoms with Crippen molar-refractivity contribution in [2.45, 2.75) is 25.4 Å². The van der Waals surface area contributed by atoms with Gasteiger partial charge in [0.1, 0.15) is 0 Å². The SMILES string of the molecule is COCC(C)NC(=O)NC(C)(C(=O)O)c1ccccc1. The molecule has 1 aromatic rings. The number of amides is 2. The van der Waals surface area contributed by atoms with Crippen LogP contribution in [-0.4, -0.2) is 36.9 Å². The standard InChI is InChI=1S/C14H20N2O4/c1-10(9-20-3)15-13(19)16-14(2,12(17)18)11-7-5-4-6-8-11/h4-8,10H,9H2,1-3H3,(H,17,18)(H2,15,16,19). The van der Waals surface area contributed by atoms with Crippen LogP contribution in [-0.2, 0) is 15.1 Å². The minimum absolute atomic E-state index is 0.214. The summed E-state index contributed by atoms with van der Waals surface area (Å²) in [5.74, 6) is -1.13. The Hall–Kier alpha value is -2.08. The quantitative estimate of drug-likeness (QED) is 0.733. The van der Waals surface area contributed by atoms with Gasteiger partial charge in [-0.3, -0.25) is 0 Å². The third-order valence-corrected chi connectivity index (χ3v) is 2.94. The number of benzene rings is 1. The van der Waals surface area contributed by atoms with Crippen molar-refractivity contribution in [1.29, 1.82) is 0 Å². The van der Waals surface area contributed by atoms with Gasteiger partial charge in [0.25, 0.3) is 0 Å². The Bertz CT molecular complexity index is 464.